The second-order valence-electron chi connectivity index (χ2n) is 4.52. The Labute approximate surface area is 130 Å². The van der Waals surface area contributed by atoms with Gasteiger partial charge in [0, 0.05) is 6.54 Å². The van der Waals surface area contributed by atoms with Gasteiger partial charge < -0.3 is 5.11 Å². The van der Waals surface area contributed by atoms with Crippen molar-refractivity contribution < 1.29 is 13.5 Å². The molecule has 0 aliphatic heterocycles. The van der Waals surface area contributed by atoms with Gasteiger partial charge in [0.15, 0.2) is 0 Å². The van der Waals surface area contributed by atoms with Gasteiger partial charge in [0.25, 0.3) is 0 Å². The van der Waals surface area contributed by atoms with Crippen LogP contribution in [0.15, 0.2) is 50.5 Å². The molecule has 20 heavy (non-hydrogen) atoms. The normalized spacial score (nSPS) is 14.9. The van der Waals surface area contributed by atoms with Crippen LogP contribution in [0.25, 0.3) is 0 Å². The van der Waals surface area contributed by atoms with Crippen LogP contribution in [0, 0.1) is 0 Å². The summed E-state index contributed by atoms with van der Waals surface area (Å²) in [5, 5.41) is 10.4. The lowest BCUT2D eigenvalue weighted by molar-refractivity contribution is 0.0627. The zero-order chi connectivity index (χ0) is 14.8. The molecule has 1 heterocycles. The van der Waals surface area contributed by atoms with Gasteiger partial charge in [0.1, 0.15) is 9.81 Å². The molecular weight excluding hydrogens is 362 g/mol. The van der Waals surface area contributed by atoms with Crippen molar-refractivity contribution in [2.75, 3.05) is 6.54 Å². The summed E-state index contributed by atoms with van der Waals surface area (Å²) in [5.74, 6) is 0. The molecule has 2 aromatic rings. The van der Waals surface area contributed by atoms with Gasteiger partial charge in [-0.25, -0.2) is 13.1 Å². The number of rotatable bonds is 5. The number of thiophene rings is 1. The van der Waals surface area contributed by atoms with Crippen molar-refractivity contribution in [2.45, 2.75) is 16.7 Å². The van der Waals surface area contributed by atoms with E-state index in [1.807, 2.05) is 6.07 Å². The Hall–Kier alpha value is -0.730. The van der Waals surface area contributed by atoms with E-state index in [9.17, 15) is 13.5 Å². The van der Waals surface area contributed by atoms with Gasteiger partial charge in [-0.2, -0.15) is 0 Å². The molecule has 0 bridgehead atoms. The standard InChI is InChI=1S/C13H14BrNO3S2/c1-13(16,10-5-3-2-4-6-10)9-15-20(17,18)12-8-7-11(14)19-12/h2-8,15-16H,9H2,1H3. The fraction of sp³-hybridized carbons (Fsp3) is 0.231. The number of nitrogens with one attached hydrogen (secondary N) is 1. The van der Waals surface area contributed by atoms with Gasteiger partial charge in [-0.15, -0.1) is 11.3 Å². The van der Waals surface area contributed by atoms with E-state index in [0.29, 0.717) is 5.56 Å². The monoisotopic (exact) mass is 375 g/mol. The molecule has 0 saturated carbocycles. The number of sulfonamides is 1. The predicted molar refractivity (Wildman–Crippen MR) is 83.2 cm³/mol. The quantitative estimate of drug-likeness (QED) is 0.843. The predicted octanol–water partition coefficient (Wildman–Crippen LogP) is 2.70. The third-order valence-corrected chi connectivity index (χ3v) is 6.33. The first-order valence-corrected chi connectivity index (χ1v) is 8.93. The summed E-state index contributed by atoms with van der Waals surface area (Å²) in [6, 6.07) is 12.2. The molecule has 2 rings (SSSR count). The van der Waals surface area contributed by atoms with E-state index >= 15 is 0 Å². The Balaban J connectivity index is 2.12. The van der Waals surface area contributed by atoms with Crippen molar-refractivity contribution in [1.29, 1.82) is 0 Å². The van der Waals surface area contributed by atoms with Crippen LogP contribution in [-0.2, 0) is 15.6 Å². The van der Waals surface area contributed by atoms with E-state index in [-0.39, 0.29) is 10.8 Å². The first-order valence-electron chi connectivity index (χ1n) is 5.84. The summed E-state index contributed by atoms with van der Waals surface area (Å²) in [6.07, 6.45) is 0. The molecule has 2 N–H and O–H groups in total. The Morgan fingerprint density at radius 3 is 2.45 bits per heavy atom. The Morgan fingerprint density at radius 1 is 1.25 bits per heavy atom. The van der Waals surface area contributed by atoms with E-state index in [1.54, 1.807) is 37.3 Å². The molecule has 1 aromatic carbocycles. The molecule has 0 radical (unpaired) electrons. The average molecular weight is 376 g/mol. The highest BCUT2D eigenvalue weighted by atomic mass is 79.9. The van der Waals surface area contributed by atoms with E-state index in [0.717, 1.165) is 15.1 Å². The fourth-order valence-electron chi connectivity index (χ4n) is 1.65. The van der Waals surface area contributed by atoms with Crippen molar-refractivity contribution in [3.63, 3.8) is 0 Å². The highest BCUT2D eigenvalue weighted by Gasteiger charge is 2.26. The molecule has 108 valence electrons. The first-order chi connectivity index (χ1) is 9.31. The summed E-state index contributed by atoms with van der Waals surface area (Å²) in [7, 11) is -3.60. The maximum absolute atomic E-state index is 12.1. The molecule has 0 spiro atoms. The van der Waals surface area contributed by atoms with Crippen LogP contribution in [0.3, 0.4) is 0 Å². The molecule has 1 atom stereocenters. The maximum atomic E-state index is 12.1. The van der Waals surface area contributed by atoms with E-state index in [1.165, 1.54) is 6.07 Å². The minimum atomic E-state index is -3.60. The molecule has 7 heteroatoms. The van der Waals surface area contributed by atoms with Crippen LogP contribution in [0.1, 0.15) is 12.5 Å². The molecule has 0 amide bonds. The maximum Gasteiger partial charge on any atom is 0.250 e. The fourth-order valence-corrected chi connectivity index (χ4v) is 4.83. The Kier molecular flexibility index (Phi) is 4.66. The lowest BCUT2D eigenvalue weighted by Crippen LogP contribution is -2.38. The zero-order valence-electron chi connectivity index (χ0n) is 10.7. The highest BCUT2D eigenvalue weighted by molar-refractivity contribution is 9.11. The molecule has 0 fully saturated rings. The highest BCUT2D eigenvalue weighted by Crippen LogP contribution is 2.26. The molecule has 1 unspecified atom stereocenters. The molecule has 0 saturated heterocycles. The van der Waals surface area contributed by atoms with E-state index in [4.69, 9.17) is 0 Å². The van der Waals surface area contributed by atoms with Crippen molar-refractivity contribution >= 4 is 37.3 Å². The minimum absolute atomic E-state index is 0.0884. The smallest absolute Gasteiger partial charge is 0.250 e. The second kappa shape index (κ2) is 5.95. The summed E-state index contributed by atoms with van der Waals surface area (Å²) >= 11 is 4.35. The third kappa shape index (κ3) is 3.67. The van der Waals surface area contributed by atoms with Gasteiger partial charge in [-0.3, -0.25) is 0 Å². The summed E-state index contributed by atoms with van der Waals surface area (Å²) in [6.45, 7) is 1.49. The second-order valence-corrected chi connectivity index (χ2v) is 8.98. The lowest BCUT2D eigenvalue weighted by Gasteiger charge is -2.23. The van der Waals surface area contributed by atoms with Gasteiger partial charge in [0.2, 0.25) is 10.0 Å². The summed E-state index contributed by atoms with van der Waals surface area (Å²) < 4.78 is 27.6. The average Bonchev–Trinajstić information content (AvgIpc) is 2.85. The number of benzene rings is 1. The van der Waals surface area contributed by atoms with Crippen LogP contribution >= 0.6 is 27.3 Å². The summed E-state index contributed by atoms with van der Waals surface area (Å²) in [4.78, 5) is 0. The number of hydrogen-bond donors (Lipinski definition) is 2. The Morgan fingerprint density at radius 2 is 1.90 bits per heavy atom. The zero-order valence-corrected chi connectivity index (χ0v) is 13.9. The van der Waals surface area contributed by atoms with Crippen molar-refractivity contribution in [1.82, 2.24) is 4.72 Å². The molecule has 4 nitrogen and oxygen atoms in total. The van der Waals surface area contributed by atoms with Crippen LogP contribution in [-0.4, -0.2) is 20.1 Å². The topological polar surface area (TPSA) is 66.4 Å². The molecule has 0 aliphatic carbocycles. The third-order valence-electron chi connectivity index (χ3n) is 2.82. The SMILES string of the molecule is CC(O)(CNS(=O)(=O)c1ccc(Br)s1)c1ccccc1. The van der Waals surface area contributed by atoms with E-state index in [2.05, 4.69) is 20.7 Å². The van der Waals surface area contributed by atoms with Crippen molar-refractivity contribution in [3.05, 3.63) is 51.8 Å². The van der Waals surface area contributed by atoms with Crippen LogP contribution in [0.5, 0.6) is 0 Å². The van der Waals surface area contributed by atoms with Crippen LogP contribution in [0.2, 0.25) is 0 Å². The molecule has 1 aromatic heterocycles. The summed E-state index contributed by atoms with van der Waals surface area (Å²) in [5.41, 5.74) is -0.599. The lowest BCUT2D eigenvalue weighted by atomic mass is 9.97. The first kappa shape index (κ1) is 15.7. The van der Waals surface area contributed by atoms with Gasteiger partial charge >= 0.3 is 0 Å². The minimum Gasteiger partial charge on any atom is -0.384 e. The molecular formula is C13H14BrNO3S2. The van der Waals surface area contributed by atoms with Crippen molar-refractivity contribution in [2.24, 2.45) is 0 Å². The number of aliphatic hydroxyl groups is 1. The largest absolute Gasteiger partial charge is 0.384 e. The van der Waals surface area contributed by atoms with Crippen molar-refractivity contribution in [3.8, 4) is 0 Å². The Bertz CT molecular complexity index is 681. The van der Waals surface area contributed by atoms with Gasteiger partial charge in [-0.1, -0.05) is 30.3 Å². The van der Waals surface area contributed by atoms with Crippen LogP contribution < -0.4 is 4.72 Å². The molecule has 0 aliphatic rings. The number of hydrogen-bond acceptors (Lipinski definition) is 4. The van der Waals surface area contributed by atoms with Gasteiger partial charge in [-0.05, 0) is 40.5 Å². The van der Waals surface area contributed by atoms with Crippen LogP contribution in [0.4, 0.5) is 0 Å². The van der Waals surface area contributed by atoms with Gasteiger partial charge in [0.05, 0.1) is 3.79 Å². The van der Waals surface area contributed by atoms with E-state index < -0.39 is 15.6 Å². The number of halogens is 1.